The first-order valence-corrected chi connectivity index (χ1v) is 20.1. The highest BCUT2D eigenvalue weighted by Gasteiger charge is 2.38. The monoisotopic (exact) mass is 756 g/mol. The van der Waals surface area contributed by atoms with Crippen molar-refractivity contribution in [3.05, 3.63) is 193 Å². The molecular weight excluding hydrogens is 721 g/mol. The average molecular weight is 757 g/mol. The first kappa shape index (κ1) is 33.4. The van der Waals surface area contributed by atoms with Crippen molar-refractivity contribution < 1.29 is 0 Å². The van der Waals surface area contributed by atoms with Crippen molar-refractivity contribution in [2.24, 2.45) is 0 Å². The third kappa shape index (κ3) is 5.13. The van der Waals surface area contributed by atoms with Crippen LogP contribution in [0.15, 0.2) is 182 Å². The third-order valence-corrected chi connectivity index (χ3v) is 12.2. The average Bonchev–Trinajstić information content (AvgIpc) is 3.74. The fraction of sp³-hybridized carbons (Fsp3) is 0.0566. The third-order valence-electron chi connectivity index (χ3n) is 12.2. The van der Waals surface area contributed by atoms with E-state index >= 15 is 0 Å². The van der Waals surface area contributed by atoms with Crippen LogP contribution in [0.3, 0.4) is 0 Å². The Kier molecular flexibility index (Phi) is 7.17. The van der Waals surface area contributed by atoms with Gasteiger partial charge in [0.25, 0.3) is 0 Å². The van der Waals surface area contributed by atoms with Gasteiger partial charge in [-0.15, -0.1) is 0 Å². The molecule has 3 heterocycles. The lowest BCUT2D eigenvalue weighted by Gasteiger charge is -2.27. The van der Waals surface area contributed by atoms with Crippen LogP contribution < -0.4 is 4.90 Å². The molecule has 0 bridgehead atoms. The van der Waals surface area contributed by atoms with Crippen LogP contribution in [0.5, 0.6) is 0 Å². The fourth-order valence-electron chi connectivity index (χ4n) is 9.23. The molecule has 0 radical (unpaired) electrons. The van der Waals surface area contributed by atoms with Crippen LogP contribution in [-0.2, 0) is 5.41 Å². The standard InChI is InChI=1S/C53H36N6/c1-53(2)43-30-37(51-56-49(33-15-5-3-6-16-33)55-50(57-51)34-17-7-4-8-18-34)25-27-39(43)40-28-26-38(32-44(40)53)58-48-31-36-20-10-9-19-35(36)29-42(48)41-21-11-13-23-46(41)59-47-24-14-12-22-45(47)54-52(58)59/h3-32H,1-2H3. The number of nitrogens with zero attached hydrogens (tertiary/aromatic N) is 6. The van der Waals surface area contributed by atoms with E-state index in [1.807, 2.05) is 60.7 Å². The summed E-state index contributed by atoms with van der Waals surface area (Å²) in [6, 6.07) is 64.4. The van der Waals surface area contributed by atoms with Gasteiger partial charge in [-0.1, -0.05) is 147 Å². The van der Waals surface area contributed by atoms with E-state index in [-0.39, 0.29) is 5.41 Å². The topological polar surface area (TPSA) is 59.7 Å². The van der Waals surface area contributed by atoms with E-state index in [0.29, 0.717) is 17.5 Å². The second kappa shape index (κ2) is 12.7. The number of imidazole rings is 1. The van der Waals surface area contributed by atoms with Gasteiger partial charge in [-0.3, -0.25) is 9.47 Å². The largest absolute Gasteiger partial charge is 0.280 e. The summed E-state index contributed by atoms with van der Waals surface area (Å²) in [4.78, 5) is 22.8. The Hall–Kier alpha value is -7.70. The van der Waals surface area contributed by atoms with Crippen LogP contribution in [0, 0.1) is 0 Å². The minimum atomic E-state index is -0.324. The van der Waals surface area contributed by atoms with Gasteiger partial charge in [0.1, 0.15) is 0 Å². The normalized spacial score (nSPS) is 13.4. The fourth-order valence-corrected chi connectivity index (χ4v) is 9.23. The van der Waals surface area contributed by atoms with Crippen LogP contribution in [0.25, 0.3) is 83.9 Å². The van der Waals surface area contributed by atoms with E-state index in [9.17, 15) is 0 Å². The lowest BCUT2D eigenvalue weighted by molar-refractivity contribution is 0.660. The second-order valence-electron chi connectivity index (χ2n) is 16.0. The van der Waals surface area contributed by atoms with E-state index in [2.05, 4.69) is 145 Å². The number of anilines is 3. The molecule has 6 heteroatoms. The summed E-state index contributed by atoms with van der Waals surface area (Å²) in [5, 5.41) is 2.39. The molecule has 0 saturated carbocycles. The minimum absolute atomic E-state index is 0.324. The van der Waals surface area contributed by atoms with Crippen molar-refractivity contribution >= 4 is 39.1 Å². The predicted molar refractivity (Wildman–Crippen MR) is 240 cm³/mol. The number of hydrogen-bond donors (Lipinski definition) is 0. The van der Waals surface area contributed by atoms with Crippen molar-refractivity contribution in [1.29, 1.82) is 0 Å². The molecule has 278 valence electrons. The van der Waals surface area contributed by atoms with E-state index in [0.717, 1.165) is 50.7 Å². The number of aromatic nitrogens is 5. The van der Waals surface area contributed by atoms with Crippen molar-refractivity contribution in [3.63, 3.8) is 0 Å². The first-order valence-electron chi connectivity index (χ1n) is 20.1. The van der Waals surface area contributed by atoms with Gasteiger partial charge in [-0.2, -0.15) is 0 Å². The second-order valence-corrected chi connectivity index (χ2v) is 16.0. The predicted octanol–water partition coefficient (Wildman–Crippen LogP) is 13.1. The highest BCUT2D eigenvalue weighted by molar-refractivity contribution is 6.02. The molecule has 0 unspecified atom stereocenters. The number of para-hydroxylation sites is 3. The quantitative estimate of drug-likeness (QED) is 0.179. The maximum absolute atomic E-state index is 5.39. The molecular formula is C53H36N6. The Morgan fingerprint density at radius 2 is 0.983 bits per heavy atom. The van der Waals surface area contributed by atoms with Crippen LogP contribution in [-0.4, -0.2) is 24.5 Å². The molecule has 2 aliphatic rings. The number of benzene rings is 8. The van der Waals surface area contributed by atoms with Crippen LogP contribution in [0.2, 0.25) is 0 Å². The molecule has 0 saturated heterocycles. The molecule has 12 rings (SSSR count). The summed E-state index contributed by atoms with van der Waals surface area (Å²) >= 11 is 0. The number of fused-ring (bicyclic) bond motifs is 11. The lowest BCUT2D eigenvalue weighted by Crippen LogP contribution is -2.18. The van der Waals surface area contributed by atoms with Gasteiger partial charge < -0.3 is 0 Å². The summed E-state index contributed by atoms with van der Waals surface area (Å²) in [6.45, 7) is 4.66. The zero-order valence-electron chi connectivity index (χ0n) is 32.5. The van der Waals surface area contributed by atoms with Gasteiger partial charge in [0.2, 0.25) is 5.95 Å². The Labute approximate surface area is 341 Å². The Morgan fingerprint density at radius 1 is 0.407 bits per heavy atom. The molecule has 2 aromatic heterocycles. The Bertz CT molecular complexity index is 3250. The van der Waals surface area contributed by atoms with E-state index in [4.69, 9.17) is 19.9 Å². The molecule has 0 N–H and O–H groups in total. The van der Waals surface area contributed by atoms with Crippen molar-refractivity contribution in [1.82, 2.24) is 24.5 Å². The molecule has 0 spiro atoms. The SMILES string of the molecule is CC1(C)c2cc(-c3nc(-c4ccccc4)nc(-c4ccccc4)n3)ccc2-c2ccc(N3c4cc5ccccc5cc4-c4ccccc4-n4c3nc3ccccc34)cc21. The molecule has 0 fully saturated rings. The summed E-state index contributed by atoms with van der Waals surface area (Å²) in [5.41, 5.74) is 15.1. The Morgan fingerprint density at radius 3 is 1.71 bits per heavy atom. The first-order chi connectivity index (χ1) is 29.0. The highest BCUT2D eigenvalue weighted by atomic mass is 15.3. The molecule has 59 heavy (non-hydrogen) atoms. The lowest BCUT2D eigenvalue weighted by atomic mass is 9.81. The highest BCUT2D eigenvalue weighted by Crippen LogP contribution is 2.54. The molecule has 10 aromatic rings. The van der Waals surface area contributed by atoms with Crippen molar-refractivity contribution in [2.45, 2.75) is 19.3 Å². The Balaban J connectivity index is 1.03. The van der Waals surface area contributed by atoms with Crippen LogP contribution in [0.4, 0.5) is 17.3 Å². The minimum Gasteiger partial charge on any atom is -0.280 e. The van der Waals surface area contributed by atoms with Gasteiger partial charge in [0, 0.05) is 38.9 Å². The van der Waals surface area contributed by atoms with Crippen LogP contribution in [0.1, 0.15) is 25.0 Å². The summed E-state index contributed by atoms with van der Waals surface area (Å²) in [5.74, 6) is 2.82. The number of hydrogen-bond acceptors (Lipinski definition) is 5. The van der Waals surface area contributed by atoms with E-state index in [1.54, 1.807) is 0 Å². The maximum Gasteiger partial charge on any atom is 0.220 e. The summed E-state index contributed by atoms with van der Waals surface area (Å²) < 4.78 is 2.33. The van der Waals surface area contributed by atoms with Gasteiger partial charge in [-0.05, 0) is 81.6 Å². The molecule has 0 atom stereocenters. The molecule has 0 amide bonds. The van der Waals surface area contributed by atoms with Crippen molar-refractivity contribution in [3.8, 4) is 62.1 Å². The van der Waals surface area contributed by atoms with Gasteiger partial charge in [0.15, 0.2) is 17.5 Å². The zero-order chi connectivity index (χ0) is 39.2. The number of rotatable bonds is 4. The van der Waals surface area contributed by atoms with Gasteiger partial charge in [-0.25, -0.2) is 19.9 Å². The molecule has 8 aromatic carbocycles. The maximum atomic E-state index is 5.39. The molecule has 1 aliphatic carbocycles. The van der Waals surface area contributed by atoms with E-state index in [1.165, 1.54) is 44.2 Å². The summed E-state index contributed by atoms with van der Waals surface area (Å²) in [6.07, 6.45) is 0. The molecule has 6 nitrogen and oxygen atoms in total. The smallest absolute Gasteiger partial charge is 0.220 e. The summed E-state index contributed by atoms with van der Waals surface area (Å²) in [7, 11) is 0. The van der Waals surface area contributed by atoms with Crippen LogP contribution >= 0.6 is 0 Å². The molecule has 1 aliphatic heterocycles. The van der Waals surface area contributed by atoms with Gasteiger partial charge >= 0.3 is 0 Å². The van der Waals surface area contributed by atoms with E-state index < -0.39 is 0 Å². The zero-order valence-corrected chi connectivity index (χ0v) is 32.5. The van der Waals surface area contributed by atoms with Crippen molar-refractivity contribution in [2.75, 3.05) is 4.90 Å². The van der Waals surface area contributed by atoms with Gasteiger partial charge in [0.05, 0.1) is 22.4 Å².